The highest BCUT2D eigenvalue weighted by atomic mass is 32.1. The van der Waals surface area contributed by atoms with E-state index < -0.39 is 0 Å². The van der Waals surface area contributed by atoms with Crippen molar-refractivity contribution in [1.82, 2.24) is 10.3 Å². The van der Waals surface area contributed by atoms with Crippen molar-refractivity contribution >= 4 is 17.2 Å². The van der Waals surface area contributed by atoms with Gasteiger partial charge in [-0.1, -0.05) is 12.1 Å². The molecule has 0 saturated carbocycles. The zero-order valence-electron chi connectivity index (χ0n) is 16.1. The van der Waals surface area contributed by atoms with E-state index in [1.54, 1.807) is 12.5 Å². The number of amides is 1. The highest BCUT2D eigenvalue weighted by molar-refractivity contribution is 7.09. The Balaban J connectivity index is 1.33. The molecule has 0 atom stereocenters. The van der Waals surface area contributed by atoms with Gasteiger partial charge < -0.3 is 24.3 Å². The zero-order valence-corrected chi connectivity index (χ0v) is 16.9. The summed E-state index contributed by atoms with van der Waals surface area (Å²) in [5.74, 6) is 2.48. The fourth-order valence-electron chi connectivity index (χ4n) is 2.84. The summed E-state index contributed by atoms with van der Waals surface area (Å²) in [5.41, 5.74) is 2.38. The van der Waals surface area contributed by atoms with E-state index in [0.29, 0.717) is 34.5 Å². The van der Waals surface area contributed by atoms with Gasteiger partial charge in [0.25, 0.3) is 5.91 Å². The Morgan fingerprint density at radius 1 is 1.17 bits per heavy atom. The maximum atomic E-state index is 12.4. The largest absolute Gasteiger partial charge is 0.493 e. The maximum Gasteiger partial charge on any atom is 0.271 e. The number of thiazole rings is 1. The van der Waals surface area contributed by atoms with Gasteiger partial charge in [0.05, 0.1) is 7.11 Å². The van der Waals surface area contributed by atoms with Crippen LogP contribution in [0.1, 0.15) is 26.6 Å². The molecule has 3 aromatic rings. The van der Waals surface area contributed by atoms with Gasteiger partial charge >= 0.3 is 0 Å². The molecule has 0 bridgehead atoms. The molecule has 2 heterocycles. The first-order chi connectivity index (χ1) is 14.1. The van der Waals surface area contributed by atoms with Crippen molar-refractivity contribution in [2.45, 2.75) is 20.1 Å². The summed E-state index contributed by atoms with van der Waals surface area (Å²) in [6.45, 7) is 2.85. The predicted molar refractivity (Wildman–Crippen MR) is 108 cm³/mol. The summed E-state index contributed by atoms with van der Waals surface area (Å²) in [6.07, 6.45) is 0. The van der Waals surface area contributed by atoms with Crippen LogP contribution < -0.4 is 24.3 Å². The lowest BCUT2D eigenvalue weighted by Crippen LogP contribution is -2.23. The Labute approximate surface area is 172 Å². The number of nitrogens with zero attached hydrogens (tertiary/aromatic N) is 1. The molecule has 0 radical (unpaired) electrons. The Bertz CT molecular complexity index is 1030. The van der Waals surface area contributed by atoms with Gasteiger partial charge in [-0.15, -0.1) is 11.3 Å². The van der Waals surface area contributed by atoms with Gasteiger partial charge in [0.1, 0.15) is 17.3 Å². The number of hydrogen-bond donors (Lipinski definition) is 1. The Morgan fingerprint density at radius 3 is 2.90 bits per heavy atom. The summed E-state index contributed by atoms with van der Waals surface area (Å²) in [4.78, 5) is 16.8. The number of rotatable bonds is 7. The van der Waals surface area contributed by atoms with Crippen molar-refractivity contribution in [3.05, 3.63) is 63.6 Å². The molecule has 0 spiro atoms. The molecule has 29 heavy (non-hydrogen) atoms. The summed E-state index contributed by atoms with van der Waals surface area (Å²) in [7, 11) is 1.60. The molecule has 1 aliphatic rings. The van der Waals surface area contributed by atoms with E-state index in [9.17, 15) is 4.79 Å². The third kappa shape index (κ3) is 4.43. The number of ether oxygens (including phenoxy) is 4. The first-order valence-corrected chi connectivity index (χ1v) is 9.89. The van der Waals surface area contributed by atoms with E-state index in [2.05, 4.69) is 10.3 Å². The van der Waals surface area contributed by atoms with Gasteiger partial charge in [-0.05, 0) is 42.3 Å². The second kappa shape index (κ2) is 8.40. The Kier molecular flexibility index (Phi) is 5.53. The second-order valence-corrected chi connectivity index (χ2v) is 7.38. The number of methoxy groups -OCH3 is 1. The molecule has 150 valence electrons. The normalized spacial score (nSPS) is 11.9. The van der Waals surface area contributed by atoms with Gasteiger partial charge in [0, 0.05) is 11.9 Å². The van der Waals surface area contributed by atoms with Crippen LogP contribution in [0.5, 0.6) is 23.0 Å². The van der Waals surface area contributed by atoms with Crippen LogP contribution in [0, 0.1) is 6.92 Å². The molecule has 0 unspecified atom stereocenters. The van der Waals surface area contributed by atoms with Crippen LogP contribution in [0.2, 0.25) is 0 Å². The smallest absolute Gasteiger partial charge is 0.271 e. The van der Waals surface area contributed by atoms with Crippen LogP contribution in [0.3, 0.4) is 0 Å². The quantitative estimate of drug-likeness (QED) is 0.638. The first-order valence-electron chi connectivity index (χ1n) is 9.01. The third-order valence-corrected chi connectivity index (χ3v) is 5.17. The number of carbonyl (C=O) groups excluding carboxylic acids is 1. The van der Waals surface area contributed by atoms with E-state index in [4.69, 9.17) is 18.9 Å². The molecule has 0 fully saturated rings. The lowest BCUT2D eigenvalue weighted by molar-refractivity contribution is 0.0946. The molecule has 0 saturated heterocycles. The van der Waals surface area contributed by atoms with Crippen molar-refractivity contribution < 1.29 is 23.7 Å². The lowest BCUT2D eigenvalue weighted by Gasteiger charge is -2.10. The topological polar surface area (TPSA) is 78.9 Å². The Hall–Kier alpha value is -3.26. The van der Waals surface area contributed by atoms with Crippen LogP contribution in [-0.4, -0.2) is 24.8 Å². The van der Waals surface area contributed by atoms with Crippen LogP contribution in [0.15, 0.2) is 41.8 Å². The number of benzene rings is 2. The van der Waals surface area contributed by atoms with Gasteiger partial charge in [0.2, 0.25) is 6.79 Å². The SMILES string of the molecule is COc1cc(C)ccc1OCc1nc(C(=O)NCc2ccc3c(c2)OCO3)cs1. The van der Waals surface area contributed by atoms with Crippen LogP contribution in [0.25, 0.3) is 0 Å². The van der Waals surface area contributed by atoms with Crippen molar-refractivity contribution in [3.8, 4) is 23.0 Å². The molecule has 8 heteroatoms. The minimum Gasteiger partial charge on any atom is -0.493 e. The van der Waals surface area contributed by atoms with E-state index in [1.807, 2.05) is 43.3 Å². The van der Waals surface area contributed by atoms with Crippen molar-refractivity contribution in [2.75, 3.05) is 13.9 Å². The maximum absolute atomic E-state index is 12.4. The van der Waals surface area contributed by atoms with Crippen LogP contribution in [0.4, 0.5) is 0 Å². The molecule has 2 aromatic carbocycles. The molecule has 0 aliphatic carbocycles. The molecular weight excluding hydrogens is 392 g/mol. The summed E-state index contributed by atoms with van der Waals surface area (Å²) in [5, 5.41) is 5.30. The molecule has 1 aromatic heterocycles. The predicted octanol–water partition coefficient (Wildman–Crippen LogP) is 3.70. The van der Waals surface area contributed by atoms with Crippen LogP contribution in [-0.2, 0) is 13.2 Å². The van der Waals surface area contributed by atoms with Crippen molar-refractivity contribution in [1.29, 1.82) is 0 Å². The average molecular weight is 412 g/mol. The standard InChI is InChI=1S/C21H20N2O5S/c1-13-3-5-16(18(7-13)25-2)26-10-20-23-15(11-29-20)21(24)22-9-14-4-6-17-19(8-14)28-12-27-17/h3-8,11H,9-10,12H2,1-2H3,(H,22,24). The van der Waals surface area contributed by atoms with Crippen LogP contribution >= 0.6 is 11.3 Å². The van der Waals surface area contributed by atoms with Gasteiger partial charge in [-0.25, -0.2) is 4.98 Å². The summed E-state index contributed by atoms with van der Waals surface area (Å²) >= 11 is 1.38. The molecule has 1 amide bonds. The van der Waals surface area contributed by atoms with E-state index in [-0.39, 0.29) is 19.3 Å². The molecule has 4 rings (SSSR count). The molecular formula is C21H20N2O5S. The highest BCUT2D eigenvalue weighted by Crippen LogP contribution is 2.32. The number of fused-ring (bicyclic) bond motifs is 1. The number of aromatic nitrogens is 1. The molecule has 7 nitrogen and oxygen atoms in total. The fourth-order valence-corrected chi connectivity index (χ4v) is 3.52. The second-order valence-electron chi connectivity index (χ2n) is 6.44. The minimum absolute atomic E-state index is 0.225. The number of nitrogens with one attached hydrogen (secondary N) is 1. The zero-order chi connectivity index (χ0) is 20.2. The van der Waals surface area contributed by atoms with Gasteiger partial charge in [0.15, 0.2) is 23.0 Å². The van der Waals surface area contributed by atoms with Gasteiger partial charge in [-0.2, -0.15) is 0 Å². The Morgan fingerprint density at radius 2 is 2.03 bits per heavy atom. The average Bonchev–Trinajstić information content (AvgIpc) is 3.40. The number of carbonyl (C=O) groups is 1. The van der Waals surface area contributed by atoms with Crippen molar-refractivity contribution in [2.24, 2.45) is 0 Å². The van der Waals surface area contributed by atoms with Gasteiger partial charge in [-0.3, -0.25) is 4.79 Å². The van der Waals surface area contributed by atoms with Crippen molar-refractivity contribution in [3.63, 3.8) is 0 Å². The number of aryl methyl sites for hydroxylation is 1. The molecule has 1 aliphatic heterocycles. The minimum atomic E-state index is -0.238. The van der Waals surface area contributed by atoms with E-state index >= 15 is 0 Å². The first kappa shape index (κ1) is 19.1. The monoisotopic (exact) mass is 412 g/mol. The lowest BCUT2D eigenvalue weighted by atomic mass is 10.2. The van der Waals surface area contributed by atoms with E-state index in [0.717, 1.165) is 16.9 Å². The fraction of sp³-hybridized carbons (Fsp3) is 0.238. The third-order valence-electron chi connectivity index (χ3n) is 4.34. The molecule has 1 N–H and O–H groups in total. The van der Waals surface area contributed by atoms with E-state index in [1.165, 1.54) is 11.3 Å². The number of hydrogen-bond acceptors (Lipinski definition) is 7. The summed E-state index contributed by atoms with van der Waals surface area (Å²) < 4.78 is 21.8. The highest BCUT2D eigenvalue weighted by Gasteiger charge is 2.15. The summed E-state index contributed by atoms with van der Waals surface area (Å²) in [6, 6.07) is 11.3.